The summed E-state index contributed by atoms with van der Waals surface area (Å²) in [6, 6.07) is 11.3. The maximum Gasteiger partial charge on any atom is 0.295 e. The molecule has 2 rings (SSSR count). The van der Waals surface area contributed by atoms with E-state index in [1.54, 1.807) is 42.5 Å². The van der Waals surface area contributed by atoms with Crippen molar-refractivity contribution in [3.05, 3.63) is 63.6 Å². The summed E-state index contributed by atoms with van der Waals surface area (Å²) in [7, 11) is -4.32. The van der Waals surface area contributed by atoms with E-state index >= 15 is 0 Å². The van der Waals surface area contributed by atoms with Gasteiger partial charge in [0.05, 0.1) is 0 Å². The summed E-state index contributed by atoms with van der Waals surface area (Å²) >= 11 is 11.5. The third kappa shape index (κ3) is 3.84. The molecule has 0 amide bonds. The normalized spacial score (nSPS) is 11.9. The smallest absolute Gasteiger partial charge is 0.282 e. The van der Waals surface area contributed by atoms with Crippen molar-refractivity contribution in [3.8, 4) is 0 Å². The van der Waals surface area contributed by atoms with Gasteiger partial charge >= 0.3 is 0 Å². The van der Waals surface area contributed by atoms with Gasteiger partial charge in [-0.05, 0) is 35.4 Å². The van der Waals surface area contributed by atoms with Gasteiger partial charge in [-0.15, -0.1) is 0 Å². The molecule has 0 spiro atoms. The lowest BCUT2D eigenvalue weighted by Gasteiger charge is -2.03. The molecule has 3 nitrogen and oxygen atoms in total. The van der Waals surface area contributed by atoms with Crippen molar-refractivity contribution < 1.29 is 13.0 Å². The van der Waals surface area contributed by atoms with Gasteiger partial charge in [-0.1, -0.05) is 53.6 Å². The lowest BCUT2D eigenvalue weighted by atomic mass is 10.1. The van der Waals surface area contributed by atoms with E-state index in [2.05, 4.69) is 0 Å². The van der Waals surface area contributed by atoms with Crippen molar-refractivity contribution in [1.29, 1.82) is 0 Å². The summed E-state index contributed by atoms with van der Waals surface area (Å²) < 4.78 is 31.8. The van der Waals surface area contributed by atoms with Crippen LogP contribution in [0, 0.1) is 0 Å². The average Bonchev–Trinajstić information content (AvgIpc) is 2.38. The molecule has 0 fully saturated rings. The maximum atomic E-state index is 11.3. The maximum absolute atomic E-state index is 11.3. The molecule has 20 heavy (non-hydrogen) atoms. The van der Waals surface area contributed by atoms with Crippen LogP contribution < -0.4 is 0 Å². The van der Waals surface area contributed by atoms with Crippen molar-refractivity contribution >= 4 is 45.5 Å². The Balaban J connectivity index is 2.41. The third-order valence-electron chi connectivity index (χ3n) is 2.58. The molecule has 0 heterocycles. The van der Waals surface area contributed by atoms with Crippen LogP contribution in [0.1, 0.15) is 11.1 Å². The zero-order valence-corrected chi connectivity index (χ0v) is 12.5. The minimum absolute atomic E-state index is 0.227. The van der Waals surface area contributed by atoms with Crippen LogP contribution in [0.25, 0.3) is 12.2 Å². The second-order valence-electron chi connectivity index (χ2n) is 4.04. The molecule has 0 aliphatic heterocycles. The fraction of sp³-hybridized carbons (Fsp3) is 0. The van der Waals surface area contributed by atoms with E-state index in [-0.39, 0.29) is 9.92 Å². The summed E-state index contributed by atoms with van der Waals surface area (Å²) in [4.78, 5) is -0.227. The fourth-order valence-electron chi connectivity index (χ4n) is 1.63. The monoisotopic (exact) mass is 328 g/mol. The number of rotatable bonds is 3. The van der Waals surface area contributed by atoms with Crippen LogP contribution >= 0.6 is 23.2 Å². The molecule has 0 aliphatic rings. The fourth-order valence-corrected chi connectivity index (χ4v) is 2.70. The Kier molecular flexibility index (Phi) is 4.50. The van der Waals surface area contributed by atoms with Crippen molar-refractivity contribution in [2.24, 2.45) is 0 Å². The highest BCUT2D eigenvalue weighted by Gasteiger charge is 2.14. The molecule has 6 heteroatoms. The second-order valence-corrected chi connectivity index (χ2v) is 6.30. The largest absolute Gasteiger partial charge is 0.295 e. The highest BCUT2D eigenvalue weighted by Crippen LogP contribution is 2.23. The summed E-state index contributed by atoms with van der Waals surface area (Å²) in [6.07, 6.45) is 3.30. The van der Waals surface area contributed by atoms with Crippen molar-refractivity contribution in [2.75, 3.05) is 0 Å². The molecule has 2 aromatic carbocycles. The molecule has 0 radical (unpaired) electrons. The summed E-state index contributed by atoms with van der Waals surface area (Å²) in [5, 5.41) is 0.855. The van der Waals surface area contributed by atoms with Gasteiger partial charge in [0.25, 0.3) is 10.1 Å². The minimum Gasteiger partial charge on any atom is -0.282 e. The molecule has 1 N–H and O–H groups in total. The Hall–Kier alpha value is -1.33. The van der Waals surface area contributed by atoms with Gasteiger partial charge < -0.3 is 0 Å². The van der Waals surface area contributed by atoms with Crippen molar-refractivity contribution in [1.82, 2.24) is 0 Å². The molecule has 0 aliphatic carbocycles. The first-order valence-corrected chi connectivity index (χ1v) is 7.76. The predicted octanol–water partition coefficient (Wildman–Crippen LogP) is 4.41. The summed E-state index contributed by atoms with van der Waals surface area (Å²) in [5.41, 5.74) is 1.21. The first-order valence-electron chi connectivity index (χ1n) is 5.57. The van der Waals surface area contributed by atoms with Gasteiger partial charge in [-0.3, -0.25) is 4.55 Å². The lowest BCUT2D eigenvalue weighted by Crippen LogP contribution is -2.00. The van der Waals surface area contributed by atoms with E-state index in [0.717, 1.165) is 5.56 Å². The SMILES string of the molecule is O=S(=O)(O)c1cc(Cl)ccc1/C=C/c1ccc(Cl)cc1. The van der Waals surface area contributed by atoms with Crippen molar-refractivity contribution in [2.45, 2.75) is 4.90 Å². The minimum atomic E-state index is -4.32. The number of hydrogen-bond acceptors (Lipinski definition) is 2. The number of benzene rings is 2. The lowest BCUT2D eigenvalue weighted by molar-refractivity contribution is 0.483. The Morgan fingerprint density at radius 3 is 2.10 bits per heavy atom. The zero-order valence-electron chi connectivity index (χ0n) is 10.1. The molecule has 0 atom stereocenters. The van der Waals surface area contributed by atoms with Crippen molar-refractivity contribution in [3.63, 3.8) is 0 Å². The van der Waals surface area contributed by atoms with E-state index in [1.165, 1.54) is 12.1 Å². The van der Waals surface area contributed by atoms with Gasteiger partial charge in [0, 0.05) is 10.0 Å². The highest BCUT2D eigenvalue weighted by molar-refractivity contribution is 7.86. The van der Waals surface area contributed by atoms with Gasteiger partial charge in [0.2, 0.25) is 0 Å². The molecule has 0 unspecified atom stereocenters. The van der Waals surface area contributed by atoms with Gasteiger partial charge in [0.15, 0.2) is 0 Å². The van der Waals surface area contributed by atoms with Crippen LogP contribution in [0.2, 0.25) is 10.0 Å². The van der Waals surface area contributed by atoms with Crippen LogP contribution in [0.5, 0.6) is 0 Å². The van der Waals surface area contributed by atoms with Crippen LogP contribution in [0.3, 0.4) is 0 Å². The van der Waals surface area contributed by atoms with Gasteiger partial charge in [-0.2, -0.15) is 8.42 Å². The predicted molar refractivity (Wildman–Crippen MR) is 81.6 cm³/mol. The van der Waals surface area contributed by atoms with E-state index in [9.17, 15) is 13.0 Å². The molecule has 0 saturated carbocycles. The first kappa shape index (κ1) is 15.1. The Labute approximate surface area is 127 Å². The highest BCUT2D eigenvalue weighted by atomic mass is 35.5. The third-order valence-corrected chi connectivity index (χ3v) is 3.98. The summed E-state index contributed by atoms with van der Waals surface area (Å²) in [5.74, 6) is 0. The van der Waals surface area contributed by atoms with Crippen LogP contribution in [-0.2, 0) is 10.1 Å². The van der Waals surface area contributed by atoms with E-state index < -0.39 is 10.1 Å². The van der Waals surface area contributed by atoms with Crippen LogP contribution in [0.15, 0.2) is 47.4 Å². The van der Waals surface area contributed by atoms with Gasteiger partial charge in [-0.25, -0.2) is 0 Å². The summed E-state index contributed by atoms with van der Waals surface area (Å²) in [6.45, 7) is 0. The Morgan fingerprint density at radius 2 is 1.50 bits per heavy atom. The Bertz CT molecular complexity index is 750. The molecule has 0 saturated heterocycles. The van der Waals surface area contributed by atoms with Crippen LogP contribution in [-0.4, -0.2) is 13.0 Å². The first-order chi connectivity index (χ1) is 9.36. The molecular weight excluding hydrogens is 319 g/mol. The molecule has 2 aromatic rings. The Morgan fingerprint density at radius 1 is 0.900 bits per heavy atom. The van der Waals surface area contributed by atoms with E-state index in [4.69, 9.17) is 23.2 Å². The number of halogens is 2. The molecular formula is C14H10Cl2O3S. The topological polar surface area (TPSA) is 54.4 Å². The van der Waals surface area contributed by atoms with E-state index in [1.807, 2.05) is 0 Å². The number of hydrogen-bond donors (Lipinski definition) is 1. The average molecular weight is 329 g/mol. The molecule has 0 aromatic heterocycles. The quantitative estimate of drug-likeness (QED) is 0.670. The van der Waals surface area contributed by atoms with Gasteiger partial charge in [0.1, 0.15) is 4.90 Å². The van der Waals surface area contributed by atoms with E-state index in [0.29, 0.717) is 10.6 Å². The van der Waals surface area contributed by atoms with Crippen LogP contribution in [0.4, 0.5) is 0 Å². The second kappa shape index (κ2) is 5.97. The standard InChI is InChI=1S/C14H10Cl2O3S/c15-12-6-2-10(3-7-12)1-4-11-5-8-13(16)9-14(11)20(17,18)19/h1-9H,(H,17,18,19)/b4-1+. The zero-order chi connectivity index (χ0) is 14.8. The molecule has 0 bridgehead atoms. The molecule has 104 valence electrons.